The van der Waals surface area contributed by atoms with Crippen LogP contribution in [0.3, 0.4) is 0 Å². The van der Waals surface area contributed by atoms with Crippen molar-refractivity contribution in [3.05, 3.63) is 56.4 Å². The molecule has 2 heterocycles. The number of carbonyl (C=O) groups excluding carboxylic acids is 1. The zero-order chi connectivity index (χ0) is 17.3. The minimum Gasteiger partial charge on any atom is -0.478 e. The number of hydrogen-bond donors (Lipinski definition) is 1. The zero-order valence-corrected chi connectivity index (χ0v) is 15.4. The van der Waals surface area contributed by atoms with Crippen molar-refractivity contribution in [1.29, 1.82) is 0 Å². The van der Waals surface area contributed by atoms with E-state index in [1.54, 1.807) is 31.3 Å². The van der Waals surface area contributed by atoms with E-state index in [9.17, 15) is 9.59 Å². The predicted molar refractivity (Wildman–Crippen MR) is 100 cm³/mol. The van der Waals surface area contributed by atoms with Crippen molar-refractivity contribution in [3.63, 3.8) is 0 Å². The van der Waals surface area contributed by atoms with Gasteiger partial charge in [-0.15, -0.1) is 0 Å². The summed E-state index contributed by atoms with van der Waals surface area (Å²) >= 11 is 3.27. The van der Waals surface area contributed by atoms with Crippen LogP contribution >= 0.6 is 34.4 Å². The molecular formula is C16H11IN2O4S. The lowest BCUT2D eigenvalue weighted by Crippen LogP contribution is -2.23. The van der Waals surface area contributed by atoms with Gasteiger partial charge in [-0.1, -0.05) is 6.07 Å². The average molecular weight is 454 g/mol. The first-order chi connectivity index (χ1) is 11.4. The molecule has 0 unspecified atom stereocenters. The SMILES string of the molecule is CN1C(=O)/C(=C/c2ccc(I)o2)SC1=Nc1cccc(C(=O)O)c1. The van der Waals surface area contributed by atoms with Gasteiger partial charge in [-0.2, -0.15) is 0 Å². The summed E-state index contributed by atoms with van der Waals surface area (Å²) in [6, 6.07) is 9.86. The van der Waals surface area contributed by atoms with Gasteiger partial charge in [-0.05, 0) is 64.7 Å². The number of furan rings is 1. The van der Waals surface area contributed by atoms with Gasteiger partial charge in [0.1, 0.15) is 5.76 Å². The van der Waals surface area contributed by atoms with E-state index >= 15 is 0 Å². The molecule has 0 atom stereocenters. The van der Waals surface area contributed by atoms with Gasteiger partial charge in [-0.25, -0.2) is 9.79 Å². The number of halogens is 1. The zero-order valence-electron chi connectivity index (χ0n) is 12.4. The lowest BCUT2D eigenvalue weighted by molar-refractivity contribution is -0.121. The highest BCUT2D eigenvalue weighted by Crippen LogP contribution is 2.33. The third-order valence-corrected chi connectivity index (χ3v) is 4.83. The van der Waals surface area contributed by atoms with Gasteiger partial charge in [0.05, 0.1) is 16.2 Å². The van der Waals surface area contributed by atoms with E-state index < -0.39 is 5.97 Å². The lowest BCUT2D eigenvalue weighted by atomic mass is 10.2. The van der Waals surface area contributed by atoms with Crippen LogP contribution in [0.5, 0.6) is 0 Å². The molecule has 1 aliphatic heterocycles. The molecule has 8 heteroatoms. The summed E-state index contributed by atoms with van der Waals surface area (Å²) in [4.78, 5) is 29.6. The van der Waals surface area contributed by atoms with Crippen LogP contribution in [0.4, 0.5) is 5.69 Å². The third-order valence-electron chi connectivity index (χ3n) is 3.19. The lowest BCUT2D eigenvalue weighted by Gasteiger charge is -2.07. The number of likely N-dealkylation sites (N-methyl/N-ethyl adjacent to an activating group) is 1. The maximum Gasteiger partial charge on any atom is 0.335 e. The number of rotatable bonds is 3. The Labute approximate surface area is 155 Å². The maximum atomic E-state index is 12.3. The van der Waals surface area contributed by atoms with Gasteiger partial charge in [0.2, 0.25) is 0 Å². The minimum atomic E-state index is -1.02. The van der Waals surface area contributed by atoms with Crippen LogP contribution in [0.2, 0.25) is 0 Å². The van der Waals surface area contributed by atoms with Crippen molar-refractivity contribution in [3.8, 4) is 0 Å². The number of aliphatic imine (C=N–C) groups is 1. The number of amides is 1. The first-order valence-electron chi connectivity index (χ1n) is 6.79. The number of amidine groups is 1. The van der Waals surface area contributed by atoms with Crippen molar-refractivity contribution < 1.29 is 19.1 Å². The largest absolute Gasteiger partial charge is 0.478 e. The molecule has 0 spiro atoms. The van der Waals surface area contributed by atoms with Crippen molar-refractivity contribution in [1.82, 2.24) is 4.90 Å². The van der Waals surface area contributed by atoms with Crippen LogP contribution in [0.25, 0.3) is 6.08 Å². The van der Waals surface area contributed by atoms with Crippen molar-refractivity contribution in [2.75, 3.05) is 7.05 Å². The fourth-order valence-corrected chi connectivity index (χ4v) is 3.41. The number of aromatic carboxylic acids is 1. The predicted octanol–water partition coefficient (Wildman–Crippen LogP) is 3.82. The summed E-state index contributed by atoms with van der Waals surface area (Å²) in [5.41, 5.74) is 0.626. The Morgan fingerprint density at radius 1 is 1.38 bits per heavy atom. The van der Waals surface area contributed by atoms with Crippen LogP contribution in [-0.2, 0) is 4.79 Å². The highest BCUT2D eigenvalue weighted by atomic mass is 127. The Morgan fingerprint density at radius 2 is 2.17 bits per heavy atom. The Hall–Kier alpha value is -2.07. The molecule has 0 saturated carbocycles. The summed E-state index contributed by atoms with van der Waals surface area (Å²) < 4.78 is 6.18. The number of carbonyl (C=O) groups is 2. The molecule has 1 aromatic heterocycles. The van der Waals surface area contributed by atoms with E-state index in [0.29, 0.717) is 21.5 Å². The molecule has 1 amide bonds. The molecule has 0 aliphatic carbocycles. The topological polar surface area (TPSA) is 83.1 Å². The fraction of sp³-hybridized carbons (Fsp3) is 0.0625. The molecular weight excluding hydrogens is 443 g/mol. The number of carboxylic acids is 1. The summed E-state index contributed by atoms with van der Waals surface area (Å²) in [5.74, 6) is -0.606. The van der Waals surface area contributed by atoms with Gasteiger partial charge in [0, 0.05) is 13.1 Å². The standard InChI is InChI=1S/C16H11IN2O4S/c1-19-14(20)12(8-11-5-6-13(17)23-11)24-16(19)18-10-4-2-3-9(7-10)15(21)22/h2-8H,1H3,(H,21,22)/b12-8-,18-16?. The molecule has 1 N–H and O–H groups in total. The van der Waals surface area contributed by atoms with E-state index in [1.807, 2.05) is 6.07 Å². The molecule has 0 bridgehead atoms. The Kier molecular flexibility index (Phi) is 4.76. The normalized spacial score (nSPS) is 17.9. The van der Waals surface area contributed by atoms with Crippen LogP contribution in [0, 0.1) is 3.77 Å². The van der Waals surface area contributed by atoms with Crippen molar-refractivity contribution in [2.24, 2.45) is 4.99 Å². The van der Waals surface area contributed by atoms with Crippen LogP contribution in [0.15, 0.2) is 50.7 Å². The first-order valence-corrected chi connectivity index (χ1v) is 8.68. The van der Waals surface area contributed by atoms with Gasteiger partial charge < -0.3 is 9.52 Å². The molecule has 1 aromatic carbocycles. The highest BCUT2D eigenvalue weighted by molar-refractivity contribution is 14.1. The molecule has 3 rings (SSSR count). The monoisotopic (exact) mass is 454 g/mol. The molecule has 2 aromatic rings. The first kappa shape index (κ1) is 16.8. The quantitative estimate of drug-likeness (QED) is 0.564. The summed E-state index contributed by atoms with van der Waals surface area (Å²) in [6.45, 7) is 0. The summed E-state index contributed by atoms with van der Waals surface area (Å²) in [6.07, 6.45) is 1.67. The van der Waals surface area contributed by atoms with E-state index in [4.69, 9.17) is 9.52 Å². The third kappa shape index (κ3) is 3.54. The van der Waals surface area contributed by atoms with E-state index in [1.165, 1.54) is 28.8 Å². The van der Waals surface area contributed by atoms with Crippen LogP contribution in [0.1, 0.15) is 16.1 Å². The fourth-order valence-electron chi connectivity index (χ4n) is 2.01. The van der Waals surface area contributed by atoms with E-state index in [2.05, 4.69) is 27.6 Å². The van der Waals surface area contributed by atoms with Crippen molar-refractivity contribution in [2.45, 2.75) is 0 Å². The number of benzene rings is 1. The van der Waals surface area contributed by atoms with Crippen molar-refractivity contribution >= 4 is 63.2 Å². The Balaban J connectivity index is 1.90. The summed E-state index contributed by atoms with van der Waals surface area (Å²) in [7, 11) is 1.63. The molecule has 1 fully saturated rings. The second-order valence-corrected chi connectivity index (χ2v) is 6.94. The molecule has 24 heavy (non-hydrogen) atoms. The summed E-state index contributed by atoms with van der Waals surface area (Å²) in [5, 5.41) is 9.52. The van der Waals surface area contributed by atoms with E-state index in [-0.39, 0.29) is 11.5 Å². The minimum absolute atomic E-state index is 0.148. The molecule has 0 radical (unpaired) electrons. The van der Waals surface area contributed by atoms with Gasteiger partial charge in [0.15, 0.2) is 8.93 Å². The van der Waals surface area contributed by atoms with Gasteiger partial charge >= 0.3 is 5.97 Å². The Bertz CT molecular complexity index is 888. The van der Waals surface area contributed by atoms with Gasteiger partial charge in [0.25, 0.3) is 5.91 Å². The highest BCUT2D eigenvalue weighted by Gasteiger charge is 2.30. The Morgan fingerprint density at radius 3 is 2.83 bits per heavy atom. The van der Waals surface area contributed by atoms with Crippen LogP contribution < -0.4 is 0 Å². The number of thioether (sulfide) groups is 1. The van der Waals surface area contributed by atoms with E-state index in [0.717, 1.165) is 3.77 Å². The molecule has 1 aliphatic rings. The molecule has 122 valence electrons. The second-order valence-electron chi connectivity index (χ2n) is 4.87. The maximum absolute atomic E-state index is 12.3. The second kappa shape index (κ2) is 6.81. The molecule has 6 nitrogen and oxygen atoms in total. The number of carboxylic acid groups (broad SMARTS) is 1. The smallest absolute Gasteiger partial charge is 0.335 e. The average Bonchev–Trinajstić information content (AvgIpc) is 3.07. The number of nitrogens with zero attached hydrogens (tertiary/aromatic N) is 2. The number of hydrogen-bond acceptors (Lipinski definition) is 5. The van der Waals surface area contributed by atoms with Crippen LogP contribution in [-0.4, -0.2) is 34.1 Å². The van der Waals surface area contributed by atoms with Gasteiger partial charge in [-0.3, -0.25) is 9.69 Å². The molecule has 1 saturated heterocycles.